The highest BCUT2D eigenvalue weighted by Crippen LogP contribution is 2.22. The number of primary amides is 1. The van der Waals surface area contributed by atoms with Crippen LogP contribution in [0.5, 0.6) is 0 Å². The summed E-state index contributed by atoms with van der Waals surface area (Å²) in [5.74, 6) is -1.03. The number of hydrogen-bond donors (Lipinski definition) is 3. The molecule has 0 heterocycles. The molecule has 0 fully saturated rings. The number of ether oxygens (including phenoxy) is 1. The van der Waals surface area contributed by atoms with E-state index in [4.69, 9.17) is 10.5 Å². The molecule has 2 aromatic rings. The van der Waals surface area contributed by atoms with Gasteiger partial charge in [0.1, 0.15) is 0 Å². The van der Waals surface area contributed by atoms with Crippen LogP contribution in [0.3, 0.4) is 0 Å². The molecule has 0 bridgehead atoms. The first kappa shape index (κ1) is 20.0. The Balaban J connectivity index is 1.96. The van der Waals surface area contributed by atoms with Gasteiger partial charge in [0.05, 0.1) is 5.56 Å². The minimum Gasteiger partial charge on any atom is -0.452 e. The molecule has 0 aliphatic heterocycles. The van der Waals surface area contributed by atoms with E-state index >= 15 is 0 Å². The zero-order valence-electron chi connectivity index (χ0n) is 15.4. The van der Waals surface area contributed by atoms with Crippen molar-refractivity contribution in [2.75, 3.05) is 17.2 Å². The molecular formula is C20H23N3O4. The van der Waals surface area contributed by atoms with Gasteiger partial charge in [0.15, 0.2) is 6.61 Å². The SMILES string of the molecule is CCc1cccc(CC)c1NC(=O)COC(=O)c1ccc(NC(N)=O)cc1. The van der Waals surface area contributed by atoms with Gasteiger partial charge < -0.3 is 21.1 Å². The van der Waals surface area contributed by atoms with Crippen molar-refractivity contribution in [1.82, 2.24) is 0 Å². The second-order valence-electron chi connectivity index (χ2n) is 5.85. The van der Waals surface area contributed by atoms with E-state index in [2.05, 4.69) is 10.6 Å². The normalized spacial score (nSPS) is 10.1. The van der Waals surface area contributed by atoms with Crippen LogP contribution in [0, 0.1) is 0 Å². The Morgan fingerprint density at radius 3 is 2.04 bits per heavy atom. The third-order valence-electron chi connectivity index (χ3n) is 3.99. The van der Waals surface area contributed by atoms with Crippen molar-refractivity contribution < 1.29 is 19.1 Å². The minimum atomic E-state index is -0.694. The van der Waals surface area contributed by atoms with Gasteiger partial charge in [-0.2, -0.15) is 0 Å². The average molecular weight is 369 g/mol. The summed E-state index contributed by atoms with van der Waals surface area (Å²) in [4.78, 5) is 35.1. The quantitative estimate of drug-likeness (QED) is 0.651. The number of para-hydroxylation sites is 1. The molecule has 0 spiro atoms. The summed E-state index contributed by atoms with van der Waals surface area (Å²) in [6.45, 7) is 3.64. The molecule has 0 saturated carbocycles. The fourth-order valence-corrected chi connectivity index (χ4v) is 2.62. The van der Waals surface area contributed by atoms with Gasteiger partial charge in [-0.05, 0) is 48.2 Å². The van der Waals surface area contributed by atoms with Gasteiger partial charge in [-0.1, -0.05) is 32.0 Å². The molecular weight excluding hydrogens is 346 g/mol. The van der Waals surface area contributed by atoms with Crippen LogP contribution in [-0.2, 0) is 22.4 Å². The molecule has 7 nitrogen and oxygen atoms in total. The third kappa shape index (κ3) is 5.57. The van der Waals surface area contributed by atoms with Crippen molar-refractivity contribution in [1.29, 1.82) is 0 Å². The summed E-state index contributed by atoms with van der Waals surface area (Å²) in [5.41, 5.74) is 8.60. The van der Waals surface area contributed by atoms with Gasteiger partial charge in [-0.15, -0.1) is 0 Å². The number of urea groups is 1. The maximum Gasteiger partial charge on any atom is 0.338 e. The summed E-state index contributed by atoms with van der Waals surface area (Å²) < 4.78 is 5.07. The number of carbonyl (C=O) groups is 3. The van der Waals surface area contributed by atoms with E-state index < -0.39 is 17.9 Å². The number of anilines is 2. The van der Waals surface area contributed by atoms with Gasteiger partial charge in [0.2, 0.25) is 0 Å². The highest BCUT2D eigenvalue weighted by atomic mass is 16.5. The Hall–Kier alpha value is -3.35. The molecule has 2 aromatic carbocycles. The molecule has 2 rings (SSSR count). The summed E-state index contributed by atoms with van der Waals surface area (Å²) in [5, 5.41) is 5.23. The lowest BCUT2D eigenvalue weighted by atomic mass is 10.0. The maximum atomic E-state index is 12.2. The van der Waals surface area contributed by atoms with Crippen LogP contribution in [0.25, 0.3) is 0 Å². The zero-order chi connectivity index (χ0) is 19.8. The summed E-state index contributed by atoms with van der Waals surface area (Å²) in [6, 6.07) is 11.2. The molecule has 142 valence electrons. The molecule has 0 aliphatic carbocycles. The minimum absolute atomic E-state index is 0.265. The third-order valence-corrected chi connectivity index (χ3v) is 3.99. The fourth-order valence-electron chi connectivity index (χ4n) is 2.62. The van der Waals surface area contributed by atoms with Crippen molar-refractivity contribution >= 4 is 29.3 Å². The van der Waals surface area contributed by atoms with E-state index in [1.165, 1.54) is 24.3 Å². The van der Waals surface area contributed by atoms with E-state index in [-0.39, 0.29) is 12.2 Å². The van der Waals surface area contributed by atoms with Crippen LogP contribution in [0.15, 0.2) is 42.5 Å². The topological polar surface area (TPSA) is 111 Å². The lowest BCUT2D eigenvalue weighted by Crippen LogP contribution is -2.22. The second-order valence-corrected chi connectivity index (χ2v) is 5.85. The number of rotatable bonds is 7. The largest absolute Gasteiger partial charge is 0.452 e. The van der Waals surface area contributed by atoms with Gasteiger partial charge in [-0.25, -0.2) is 9.59 Å². The van der Waals surface area contributed by atoms with E-state index in [1.54, 1.807) is 0 Å². The van der Waals surface area contributed by atoms with Crippen LogP contribution < -0.4 is 16.4 Å². The molecule has 0 aromatic heterocycles. The van der Waals surface area contributed by atoms with Crippen LogP contribution in [0.2, 0.25) is 0 Å². The van der Waals surface area contributed by atoms with E-state index in [9.17, 15) is 14.4 Å². The second kappa shape index (κ2) is 9.38. The van der Waals surface area contributed by atoms with Gasteiger partial charge >= 0.3 is 12.0 Å². The predicted octanol–water partition coefficient (Wildman–Crippen LogP) is 3.10. The van der Waals surface area contributed by atoms with Crippen LogP contribution in [0.1, 0.15) is 35.3 Å². The van der Waals surface area contributed by atoms with Crippen molar-refractivity contribution in [2.45, 2.75) is 26.7 Å². The van der Waals surface area contributed by atoms with E-state index in [1.807, 2.05) is 32.0 Å². The van der Waals surface area contributed by atoms with Crippen molar-refractivity contribution in [3.63, 3.8) is 0 Å². The molecule has 0 aliphatic rings. The van der Waals surface area contributed by atoms with E-state index in [0.29, 0.717) is 5.69 Å². The Labute approximate surface area is 157 Å². The summed E-state index contributed by atoms with van der Waals surface area (Å²) in [6.07, 6.45) is 1.57. The van der Waals surface area contributed by atoms with E-state index in [0.717, 1.165) is 29.7 Å². The zero-order valence-corrected chi connectivity index (χ0v) is 15.4. The van der Waals surface area contributed by atoms with Gasteiger partial charge in [0, 0.05) is 11.4 Å². The first-order valence-corrected chi connectivity index (χ1v) is 8.68. The summed E-state index contributed by atoms with van der Waals surface area (Å²) in [7, 11) is 0. The number of aryl methyl sites for hydroxylation is 2. The lowest BCUT2D eigenvalue weighted by Gasteiger charge is -2.14. The number of esters is 1. The van der Waals surface area contributed by atoms with Crippen LogP contribution >= 0.6 is 0 Å². The van der Waals surface area contributed by atoms with Crippen molar-refractivity contribution in [3.05, 3.63) is 59.2 Å². The van der Waals surface area contributed by atoms with Crippen molar-refractivity contribution in [2.24, 2.45) is 5.73 Å². The molecule has 0 unspecified atom stereocenters. The number of hydrogen-bond acceptors (Lipinski definition) is 4. The maximum absolute atomic E-state index is 12.2. The molecule has 4 N–H and O–H groups in total. The predicted molar refractivity (Wildman–Crippen MR) is 104 cm³/mol. The van der Waals surface area contributed by atoms with Gasteiger partial charge in [-0.3, -0.25) is 4.79 Å². The van der Waals surface area contributed by atoms with Crippen LogP contribution in [0.4, 0.5) is 16.2 Å². The number of nitrogens with one attached hydrogen (secondary N) is 2. The Bertz CT molecular complexity index is 809. The van der Waals surface area contributed by atoms with Crippen LogP contribution in [-0.4, -0.2) is 24.5 Å². The number of amides is 3. The first-order chi connectivity index (χ1) is 12.9. The molecule has 27 heavy (non-hydrogen) atoms. The average Bonchev–Trinajstić information content (AvgIpc) is 2.66. The molecule has 7 heteroatoms. The number of nitrogens with two attached hydrogens (primary N) is 1. The number of carbonyl (C=O) groups excluding carboxylic acids is 3. The highest BCUT2D eigenvalue weighted by molar-refractivity contribution is 5.97. The standard InChI is InChI=1S/C20H23N3O4/c1-3-13-6-5-7-14(4-2)18(13)23-17(24)12-27-19(25)15-8-10-16(11-9-15)22-20(21)26/h5-11H,3-4,12H2,1-2H3,(H,23,24)(H3,21,22,26). The first-order valence-electron chi connectivity index (χ1n) is 8.68. The molecule has 3 amide bonds. The fraction of sp³-hybridized carbons (Fsp3) is 0.250. The smallest absolute Gasteiger partial charge is 0.338 e. The highest BCUT2D eigenvalue weighted by Gasteiger charge is 2.13. The van der Waals surface area contributed by atoms with Crippen molar-refractivity contribution in [3.8, 4) is 0 Å². The van der Waals surface area contributed by atoms with Gasteiger partial charge in [0.25, 0.3) is 5.91 Å². The molecule has 0 saturated heterocycles. The summed E-state index contributed by atoms with van der Waals surface area (Å²) >= 11 is 0. The molecule has 0 radical (unpaired) electrons. The molecule has 0 atom stereocenters. The monoisotopic (exact) mass is 369 g/mol. The Morgan fingerprint density at radius 1 is 0.926 bits per heavy atom. The Kier molecular flexibility index (Phi) is 6.93. The lowest BCUT2D eigenvalue weighted by molar-refractivity contribution is -0.119. The Morgan fingerprint density at radius 2 is 1.52 bits per heavy atom. The number of benzene rings is 2.